The van der Waals surface area contributed by atoms with Crippen LogP contribution in [0.15, 0.2) is 39.5 Å². The SMILES string of the molecule is OC1(CCc2ccsc2)CCc2cc(Br)ccc2C1. The number of halogens is 1. The van der Waals surface area contributed by atoms with Gasteiger partial charge in [0.25, 0.3) is 0 Å². The van der Waals surface area contributed by atoms with Gasteiger partial charge in [0, 0.05) is 10.9 Å². The zero-order valence-electron chi connectivity index (χ0n) is 10.7. The van der Waals surface area contributed by atoms with Gasteiger partial charge in [0.1, 0.15) is 0 Å². The monoisotopic (exact) mass is 336 g/mol. The van der Waals surface area contributed by atoms with E-state index in [2.05, 4.69) is 51.0 Å². The van der Waals surface area contributed by atoms with Crippen LogP contribution in [-0.4, -0.2) is 10.7 Å². The largest absolute Gasteiger partial charge is 0.390 e. The fourth-order valence-electron chi connectivity index (χ4n) is 2.84. The Labute approximate surface area is 126 Å². The van der Waals surface area contributed by atoms with Gasteiger partial charge in [0.15, 0.2) is 0 Å². The van der Waals surface area contributed by atoms with Crippen molar-refractivity contribution in [2.45, 2.75) is 37.7 Å². The maximum atomic E-state index is 10.8. The Hall–Kier alpha value is -0.640. The zero-order chi connectivity index (χ0) is 13.3. The zero-order valence-corrected chi connectivity index (χ0v) is 13.1. The molecule has 1 nitrogen and oxygen atoms in total. The summed E-state index contributed by atoms with van der Waals surface area (Å²) in [6.45, 7) is 0. The highest BCUT2D eigenvalue weighted by Gasteiger charge is 2.31. The maximum Gasteiger partial charge on any atom is 0.0694 e. The topological polar surface area (TPSA) is 20.2 Å². The predicted molar refractivity (Wildman–Crippen MR) is 83.8 cm³/mol. The average Bonchev–Trinajstić information content (AvgIpc) is 2.90. The molecule has 0 bridgehead atoms. The van der Waals surface area contributed by atoms with Gasteiger partial charge in [-0.15, -0.1) is 0 Å². The van der Waals surface area contributed by atoms with Crippen LogP contribution >= 0.6 is 27.3 Å². The Balaban J connectivity index is 1.71. The molecule has 3 rings (SSSR count). The molecular formula is C16H17BrOS. The minimum absolute atomic E-state index is 0.525. The van der Waals surface area contributed by atoms with E-state index in [1.807, 2.05) is 0 Å². The fraction of sp³-hybridized carbons (Fsp3) is 0.375. The molecule has 19 heavy (non-hydrogen) atoms. The highest BCUT2D eigenvalue weighted by atomic mass is 79.9. The van der Waals surface area contributed by atoms with Crippen molar-refractivity contribution >= 4 is 27.3 Å². The highest BCUT2D eigenvalue weighted by molar-refractivity contribution is 9.10. The van der Waals surface area contributed by atoms with Crippen LogP contribution in [0.2, 0.25) is 0 Å². The number of thiophene rings is 1. The molecule has 1 heterocycles. The Kier molecular flexibility index (Phi) is 3.79. The summed E-state index contributed by atoms with van der Waals surface area (Å²) in [5.74, 6) is 0. The first-order valence-corrected chi connectivity index (χ1v) is 8.39. The smallest absolute Gasteiger partial charge is 0.0694 e. The van der Waals surface area contributed by atoms with E-state index in [1.54, 1.807) is 11.3 Å². The van der Waals surface area contributed by atoms with Gasteiger partial charge in [0.2, 0.25) is 0 Å². The van der Waals surface area contributed by atoms with E-state index in [9.17, 15) is 5.11 Å². The predicted octanol–water partition coefficient (Wildman–Crippen LogP) is 4.36. The van der Waals surface area contributed by atoms with Crippen LogP contribution in [0.5, 0.6) is 0 Å². The summed E-state index contributed by atoms with van der Waals surface area (Å²) < 4.78 is 1.13. The second kappa shape index (κ2) is 5.39. The van der Waals surface area contributed by atoms with Crippen molar-refractivity contribution in [2.24, 2.45) is 0 Å². The van der Waals surface area contributed by atoms with Crippen molar-refractivity contribution in [3.8, 4) is 0 Å². The van der Waals surface area contributed by atoms with E-state index < -0.39 is 5.60 Å². The van der Waals surface area contributed by atoms with Crippen molar-refractivity contribution in [3.05, 3.63) is 56.2 Å². The Bertz CT molecular complexity index is 564. The molecule has 1 N–H and O–H groups in total. The summed E-state index contributed by atoms with van der Waals surface area (Å²) in [6.07, 6.45) is 4.49. The van der Waals surface area contributed by atoms with E-state index in [0.29, 0.717) is 0 Å². The molecular weight excluding hydrogens is 320 g/mol. The van der Waals surface area contributed by atoms with E-state index in [4.69, 9.17) is 0 Å². The lowest BCUT2D eigenvalue weighted by atomic mass is 9.78. The van der Waals surface area contributed by atoms with Crippen LogP contribution in [0.25, 0.3) is 0 Å². The number of aryl methyl sites for hydroxylation is 2. The third-order valence-corrected chi connectivity index (χ3v) is 5.23. The van der Waals surface area contributed by atoms with E-state index in [1.165, 1.54) is 16.7 Å². The minimum atomic E-state index is -0.525. The second-order valence-corrected chi connectivity index (χ2v) is 7.14. The van der Waals surface area contributed by atoms with Gasteiger partial charge in [-0.2, -0.15) is 11.3 Å². The molecule has 1 atom stereocenters. The fourth-order valence-corrected chi connectivity index (χ4v) is 3.95. The van der Waals surface area contributed by atoms with Gasteiger partial charge >= 0.3 is 0 Å². The lowest BCUT2D eigenvalue weighted by Crippen LogP contribution is -2.36. The molecule has 0 amide bonds. The van der Waals surface area contributed by atoms with Crippen molar-refractivity contribution < 1.29 is 5.11 Å². The molecule has 0 saturated carbocycles. The quantitative estimate of drug-likeness (QED) is 0.882. The van der Waals surface area contributed by atoms with Crippen LogP contribution in [0.1, 0.15) is 29.5 Å². The maximum absolute atomic E-state index is 10.8. The van der Waals surface area contributed by atoms with Gasteiger partial charge in [-0.1, -0.05) is 22.0 Å². The van der Waals surface area contributed by atoms with Crippen molar-refractivity contribution in [1.82, 2.24) is 0 Å². The molecule has 0 fully saturated rings. The Morgan fingerprint density at radius 1 is 1.26 bits per heavy atom. The second-order valence-electron chi connectivity index (χ2n) is 5.45. The molecule has 100 valence electrons. The minimum Gasteiger partial charge on any atom is -0.390 e. The molecule has 1 aliphatic carbocycles. The molecule has 0 radical (unpaired) electrons. The lowest BCUT2D eigenvalue weighted by molar-refractivity contribution is 0.0182. The molecule has 0 aliphatic heterocycles. The molecule has 3 heteroatoms. The molecule has 2 aromatic rings. The van der Waals surface area contributed by atoms with Crippen molar-refractivity contribution in [2.75, 3.05) is 0 Å². The molecule has 0 saturated heterocycles. The number of fused-ring (bicyclic) bond motifs is 1. The summed E-state index contributed by atoms with van der Waals surface area (Å²) in [4.78, 5) is 0. The van der Waals surface area contributed by atoms with Crippen LogP contribution in [0, 0.1) is 0 Å². The first-order valence-electron chi connectivity index (χ1n) is 6.65. The highest BCUT2D eigenvalue weighted by Crippen LogP contribution is 2.33. The summed E-state index contributed by atoms with van der Waals surface area (Å²) in [7, 11) is 0. The molecule has 1 aromatic carbocycles. The van der Waals surface area contributed by atoms with Crippen LogP contribution in [-0.2, 0) is 19.3 Å². The van der Waals surface area contributed by atoms with E-state index >= 15 is 0 Å². The molecule has 1 aromatic heterocycles. The molecule has 1 unspecified atom stereocenters. The van der Waals surface area contributed by atoms with Gasteiger partial charge < -0.3 is 5.11 Å². The summed E-state index contributed by atoms with van der Waals surface area (Å²) in [5.41, 5.74) is 3.51. The number of hydrogen-bond acceptors (Lipinski definition) is 2. The third kappa shape index (κ3) is 3.10. The number of aliphatic hydroxyl groups is 1. The van der Waals surface area contributed by atoms with E-state index in [-0.39, 0.29) is 0 Å². The summed E-state index contributed by atoms with van der Waals surface area (Å²) in [6, 6.07) is 8.56. The van der Waals surface area contributed by atoms with Gasteiger partial charge in [-0.25, -0.2) is 0 Å². The first-order chi connectivity index (χ1) is 9.15. The van der Waals surface area contributed by atoms with Crippen molar-refractivity contribution in [1.29, 1.82) is 0 Å². The van der Waals surface area contributed by atoms with Crippen molar-refractivity contribution in [3.63, 3.8) is 0 Å². The van der Waals surface area contributed by atoms with Crippen LogP contribution in [0.4, 0.5) is 0 Å². The summed E-state index contributed by atoms with van der Waals surface area (Å²) in [5, 5.41) is 15.1. The van der Waals surface area contributed by atoms with E-state index in [0.717, 1.165) is 36.6 Å². The van der Waals surface area contributed by atoms with Crippen LogP contribution < -0.4 is 0 Å². The average molecular weight is 337 g/mol. The lowest BCUT2D eigenvalue weighted by Gasteiger charge is -2.33. The number of rotatable bonds is 3. The van der Waals surface area contributed by atoms with Gasteiger partial charge in [-0.05, 0) is 71.3 Å². The Morgan fingerprint density at radius 2 is 2.16 bits per heavy atom. The molecule has 0 spiro atoms. The number of benzene rings is 1. The number of hydrogen-bond donors (Lipinski definition) is 1. The standard InChI is InChI=1S/C16H17BrOS/c17-15-2-1-14-10-16(18,7-4-13(14)9-15)6-3-12-5-8-19-11-12/h1-2,5,8-9,11,18H,3-4,6-7,10H2. The van der Waals surface area contributed by atoms with Gasteiger partial charge in [0.05, 0.1) is 5.60 Å². The first kappa shape index (κ1) is 13.3. The summed E-state index contributed by atoms with van der Waals surface area (Å²) >= 11 is 5.24. The van der Waals surface area contributed by atoms with Crippen LogP contribution in [0.3, 0.4) is 0 Å². The Morgan fingerprint density at radius 3 is 2.95 bits per heavy atom. The molecule has 1 aliphatic rings. The normalized spacial score (nSPS) is 22.2. The van der Waals surface area contributed by atoms with Gasteiger partial charge in [-0.3, -0.25) is 0 Å². The third-order valence-electron chi connectivity index (χ3n) is 4.01.